The predicted molar refractivity (Wildman–Crippen MR) is 68.9 cm³/mol. The molecule has 1 aromatic heterocycles. The molecule has 0 saturated carbocycles. The first-order valence-corrected chi connectivity index (χ1v) is 6.86. The van der Waals surface area contributed by atoms with Gasteiger partial charge >= 0.3 is 0 Å². The van der Waals surface area contributed by atoms with E-state index in [2.05, 4.69) is 22.4 Å². The van der Waals surface area contributed by atoms with E-state index in [1.54, 1.807) is 0 Å². The zero-order chi connectivity index (χ0) is 11.2. The highest BCUT2D eigenvalue weighted by Gasteiger charge is 2.14. The van der Waals surface area contributed by atoms with Crippen molar-refractivity contribution in [2.75, 3.05) is 24.7 Å². The van der Waals surface area contributed by atoms with Gasteiger partial charge in [0.15, 0.2) is 0 Å². The number of aromatic nitrogens is 1. The van der Waals surface area contributed by atoms with Gasteiger partial charge in [-0.2, -0.15) is 11.8 Å². The van der Waals surface area contributed by atoms with Gasteiger partial charge in [-0.3, -0.25) is 0 Å². The van der Waals surface area contributed by atoms with E-state index in [1.807, 2.05) is 25.0 Å². The van der Waals surface area contributed by atoms with Crippen LogP contribution in [-0.2, 0) is 10.5 Å². The fourth-order valence-electron chi connectivity index (χ4n) is 1.78. The van der Waals surface area contributed by atoms with Crippen LogP contribution in [0.2, 0.25) is 0 Å². The molecule has 88 valence electrons. The molecule has 2 heterocycles. The molecule has 16 heavy (non-hydrogen) atoms. The number of ether oxygens (including phenoxy) is 1. The number of anilines is 1. The maximum absolute atomic E-state index is 5.59. The van der Waals surface area contributed by atoms with E-state index in [4.69, 9.17) is 4.74 Å². The van der Waals surface area contributed by atoms with Crippen molar-refractivity contribution >= 4 is 17.6 Å². The number of hydrogen-bond donors (Lipinski definition) is 1. The molecular weight excluding hydrogens is 220 g/mol. The molecule has 4 heteroatoms. The number of nitrogens with zero attached hydrogens (tertiary/aromatic N) is 1. The van der Waals surface area contributed by atoms with Gasteiger partial charge < -0.3 is 10.1 Å². The minimum atomic E-state index is 0.482. The third-order valence-electron chi connectivity index (χ3n) is 2.68. The minimum absolute atomic E-state index is 0.482. The SMILES string of the molecule is CNc1cc(CSCC2CCCO2)ccn1. The molecule has 1 unspecified atom stereocenters. The molecule has 1 N–H and O–H groups in total. The summed E-state index contributed by atoms with van der Waals surface area (Å²) < 4.78 is 5.59. The summed E-state index contributed by atoms with van der Waals surface area (Å²) in [5, 5.41) is 3.05. The molecule has 0 aliphatic carbocycles. The average Bonchev–Trinajstić information content (AvgIpc) is 2.82. The number of hydrogen-bond acceptors (Lipinski definition) is 4. The van der Waals surface area contributed by atoms with E-state index in [1.165, 1.54) is 18.4 Å². The van der Waals surface area contributed by atoms with Crippen molar-refractivity contribution in [3.8, 4) is 0 Å². The van der Waals surface area contributed by atoms with Gasteiger partial charge in [-0.25, -0.2) is 4.98 Å². The van der Waals surface area contributed by atoms with Crippen molar-refractivity contribution in [3.63, 3.8) is 0 Å². The van der Waals surface area contributed by atoms with Gasteiger partial charge in [0.25, 0.3) is 0 Å². The largest absolute Gasteiger partial charge is 0.377 e. The van der Waals surface area contributed by atoms with Gasteiger partial charge in [-0.05, 0) is 30.5 Å². The average molecular weight is 238 g/mol. The van der Waals surface area contributed by atoms with Crippen molar-refractivity contribution in [3.05, 3.63) is 23.9 Å². The Labute approximate surface area is 101 Å². The summed E-state index contributed by atoms with van der Waals surface area (Å²) in [6, 6.07) is 4.17. The van der Waals surface area contributed by atoms with Crippen LogP contribution in [0.1, 0.15) is 18.4 Å². The Morgan fingerprint density at radius 2 is 2.56 bits per heavy atom. The third kappa shape index (κ3) is 3.39. The highest BCUT2D eigenvalue weighted by Crippen LogP contribution is 2.20. The monoisotopic (exact) mass is 238 g/mol. The Hall–Kier alpha value is -0.740. The second-order valence-corrected chi connectivity index (χ2v) is 4.98. The molecule has 1 fully saturated rings. The van der Waals surface area contributed by atoms with Crippen LogP contribution < -0.4 is 5.32 Å². The van der Waals surface area contributed by atoms with Gasteiger partial charge in [-0.1, -0.05) is 0 Å². The first-order valence-electron chi connectivity index (χ1n) is 5.70. The van der Waals surface area contributed by atoms with E-state index in [9.17, 15) is 0 Å². The van der Waals surface area contributed by atoms with Gasteiger partial charge in [-0.15, -0.1) is 0 Å². The Kier molecular flexibility index (Phi) is 4.48. The Morgan fingerprint density at radius 1 is 1.62 bits per heavy atom. The third-order valence-corrected chi connectivity index (χ3v) is 3.82. The molecule has 1 saturated heterocycles. The highest BCUT2D eigenvalue weighted by molar-refractivity contribution is 7.98. The van der Waals surface area contributed by atoms with E-state index >= 15 is 0 Å². The lowest BCUT2D eigenvalue weighted by Gasteiger charge is -2.08. The van der Waals surface area contributed by atoms with Crippen molar-refractivity contribution in [1.29, 1.82) is 0 Å². The lowest BCUT2D eigenvalue weighted by Crippen LogP contribution is -2.08. The summed E-state index contributed by atoms with van der Waals surface area (Å²) >= 11 is 1.94. The first-order chi connectivity index (χ1) is 7.88. The van der Waals surface area contributed by atoms with Crippen LogP contribution >= 0.6 is 11.8 Å². The first kappa shape index (κ1) is 11.7. The summed E-state index contributed by atoms with van der Waals surface area (Å²) in [7, 11) is 1.89. The van der Waals surface area contributed by atoms with Crippen LogP contribution in [-0.4, -0.2) is 30.5 Å². The Morgan fingerprint density at radius 3 is 3.31 bits per heavy atom. The standard InChI is InChI=1S/C12H18N2OS/c1-13-12-7-10(4-5-14-12)8-16-9-11-3-2-6-15-11/h4-5,7,11H,2-3,6,8-9H2,1H3,(H,13,14). The molecule has 0 amide bonds. The predicted octanol–water partition coefficient (Wildman–Crippen LogP) is 2.54. The smallest absolute Gasteiger partial charge is 0.125 e. The van der Waals surface area contributed by atoms with Crippen molar-refractivity contribution in [2.45, 2.75) is 24.7 Å². The topological polar surface area (TPSA) is 34.1 Å². The zero-order valence-corrected chi connectivity index (χ0v) is 10.4. The highest BCUT2D eigenvalue weighted by atomic mass is 32.2. The lowest BCUT2D eigenvalue weighted by molar-refractivity contribution is 0.129. The van der Waals surface area contributed by atoms with Crippen molar-refractivity contribution in [1.82, 2.24) is 4.98 Å². The molecule has 1 atom stereocenters. The van der Waals surface area contributed by atoms with Gasteiger partial charge in [0.2, 0.25) is 0 Å². The molecular formula is C12H18N2OS. The number of nitrogens with one attached hydrogen (secondary N) is 1. The van der Waals surface area contributed by atoms with Gasteiger partial charge in [0.05, 0.1) is 6.10 Å². The molecule has 0 radical (unpaired) electrons. The van der Waals surface area contributed by atoms with Crippen molar-refractivity contribution in [2.24, 2.45) is 0 Å². The van der Waals surface area contributed by atoms with Crippen LogP contribution in [0.4, 0.5) is 5.82 Å². The summed E-state index contributed by atoms with van der Waals surface area (Å²) in [5.41, 5.74) is 1.32. The summed E-state index contributed by atoms with van der Waals surface area (Å²) in [4.78, 5) is 4.20. The second kappa shape index (κ2) is 6.11. The van der Waals surface area contributed by atoms with Gasteiger partial charge in [0, 0.05) is 31.4 Å². The molecule has 0 bridgehead atoms. The van der Waals surface area contributed by atoms with Crippen LogP contribution in [0, 0.1) is 0 Å². The molecule has 1 aliphatic rings. The normalized spacial score (nSPS) is 19.9. The van der Waals surface area contributed by atoms with Crippen LogP contribution in [0.15, 0.2) is 18.3 Å². The fourth-order valence-corrected chi connectivity index (χ4v) is 2.84. The molecule has 1 aromatic rings. The minimum Gasteiger partial charge on any atom is -0.377 e. The molecule has 3 nitrogen and oxygen atoms in total. The lowest BCUT2D eigenvalue weighted by atomic mass is 10.3. The Bertz CT molecular complexity index is 327. The fraction of sp³-hybridized carbons (Fsp3) is 0.583. The number of pyridine rings is 1. The van der Waals surface area contributed by atoms with Crippen LogP contribution in [0.5, 0.6) is 0 Å². The van der Waals surface area contributed by atoms with E-state index in [0.29, 0.717) is 6.10 Å². The van der Waals surface area contributed by atoms with Gasteiger partial charge in [0.1, 0.15) is 5.82 Å². The van der Waals surface area contributed by atoms with Crippen LogP contribution in [0.3, 0.4) is 0 Å². The van der Waals surface area contributed by atoms with Crippen LogP contribution in [0.25, 0.3) is 0 Å². The molecule has 0 spiro atoms. The summed E-state index contributed by atoms with van der Waals surface area (Å²) in [6.07, 6.45) is 4.79. The maximum atomic E-state index is 5.59. The van der Waals surface area contributed by atoms with Crippen molar-refractivity contribution < 1.29 is 4.74 Å². The summed E-state index contributed by atoms with van der Waals surface area (Å²) in [5.74, 6) is 3.09. The molecule has 1 aliphatic heterocycles. The zero-order valence-electron chi connectivity index (χ0n) is 9.61. The van der Waals surface area contributed by atoms with E-state index in [-0.39, 0.29) is 0 Å². The molecule has 2 rings (SSSR count). The second-order valence-electron chi connectivity index (χ2n) is 3.95. The number of rotatable bonds is 5. The summed E-state index contributed by atoms with van der Waals surface area (Å²) in [6.45, 7) is 0.949. The van der Waals surface area contributed by atoms with E-state index < -0.39 is 0 Å². The maximum Gasteiger partial charge on any atom is 0.125 e. The quantitative estimate of drug-likeness (QED) is 0.855. The molecule has 0 aromatic carbocycles. The van der Waals surface area contributed by atoms with E-state index in [0.717, 1.165) is 23.9 Å². The Balaban J connectivity index is 1.75. The number of thioether (sulfide) groups is 1.